The predicted octanol–water partition coefficient (Wildman–Crippen LogP) is 2.62. The molecule has 0 heterocycles. The van der Waals surface area contributed by atoms with Crippen LogP contribution in [0.25, 0.3) is 0 Å². The maximum Gasteiger partial charge on any atom is 0.191 e. The highest BCUT2D eigenvalue weighted by molar-refractivity contribution is 5.79. The van der Waals surface area contributed by atoms with E-state index in [0.29, 0.717) is 12.1 Å². The summed E-state index contributed by atoms with van der Waals surface area (Å²) in [6, 6.07) is 15.0. The second kappa shape index (κ2) is 9.67. The fourth-order valence-electron chi connectivity index (χ4n) is 2.33. The minimum atomic E-state index is -0.391. The average molecular weight is 329 g/mol. The maximum atomic E-state index is 13.4. The first-order chi connectivity index (χ1) is 11.7. The first-order valence-electron chi connectivity index (χ1n) is 8.17. The van der Waals surface area contributed by atoms with Gasteiger partial charge in [-0.15, -0.1) is 0 Å². The Labute approximate surface area is 142 Å². The molecule has 0 spiro atoms. The van der Waals surface area contributed by atoms with Crippen molar-refractivity contribution < 1.29 is 9.50 Å². The molecule has 4 nitrogen and oxygen atoms in total. The Kier molecular flexibility index (Phi) is 7.23. The molecule has 0 aromatic heterocycles. The predicted molar refractivity (Wildman–Crippen MR) is 95.3 cm³/mol. The minimum absolute atomic E-state index is 0.296. The van der Waals surface area contributed by atoms with E-state index < -0.39 is 5.82 Å². The SMILES string of the molecule is CCNC(=NCc1ccc(F)c(CO)c1)NCCc1ccccc1. The monoisotopic (exact) mass is 329 g/mol. The Morgan fingerprint density at radius 1 is 1.08 bits per heavy atom. The fourth-order valence-corrected chi connectivity index (χ4v) is 2.33. The summed E-state index contributed by atoms with van der Waals surface area (Å²) in [7, 11) is 0. The van der Waals surface area contributed by atoms with E-state index >= 15 is 0 Å². The molecule has 24 heavy (non-hydrogen) atoms. The Morgan fingerprint density at radius 2 is 1.88 bits per heavy atom. The van der Waals surface area contributed by atoms with Crippen molar-refractivity contribution in [2.24, 2.45) is 4.99 Å². The summed E-state index contributed by atoms with van der Waals surface area (Å²) < 4.78 is 13.4. The van der Waals surface area contributed by atoms with Crippen LogP contribution in [-0.4, -0.2) is 24.2 Å². The standard InChI is InChI=1S/C19H24FN3O/c1-2-21-19(22-11-10-15-6-4-3-5-7-15)23-13-16-8-9-18(20)17(12-16)14-24/h3-9,12,24H,2,10-11,13-14H2,1H3,(H2,21,22,23). The van der Waals surface area contributed by atoms with Crippen LogP contribution >= 0.6 is 0 Å². The molecule has 0 aliphatic rings. The molecule has 0 atom stereocenters. The van der Waals surface area contributed by atoms with Crippen molar-refractivity contribution in [2.75, 3.05) is 13.1 Å². The molecule has 128 valence electrons. The van der Waals surface area contributed by atoms with Gasteiger partial charge in [0.15, 0.2) is 5.96 Å². The molecule has 0 saturated heterocycles. The first kappa shape index (κ1) is 17.9. The van der Waals surface area contributed by atoms with Crippen LogP contribution in [0.4, 0.5) is 4.39 Å². The van der Waals surface area contributed by atoms with Crippen molar-refractivity contribution in [3.63, 3.8) is 0 Å². The van der Waals surface area contributed by atoms with Crippen LogP contribution in [0.2, 0.25) is 0 Å². The number of benzene rings is 2. The molecule has 0 amide bonds. The van der Waals surface area contributed by atoms with Crippen LogP contribution in [-0.2, 0) is 19.6 Å². The van der Waals surface area contributed by atoms with E-state index in [1.165, 1.54) is 11.6 Å². The van der Waals surface area contributed by atoms with Gasteiger partial charge in [-0.2, -0.15) is 0 Å². The van der Waals surface area contributed by atoms with Crippen LogP contribution in [0.3, 0.4) is 0 Å². The number of nitrogens with zero attached hydrogens (tertiary/aromatic N) is 1. The summed E-state index contributed by atoms with van der Waals surface area (Å²) in [5.74, 6) is 0.335. The van der Waals surface area contributed by atoms with Gasteiger partial charge in [-0.05, 0) is 36.6 Å². The van der Waals surface area contributed by atoms with Crippen molar-refractivity contribution >= 4 is 5.96 Å². The smallest absolute Gasteiger partial charge is 0.191 e. The number of aliphatic hydroxyl groups excluding tert-OH is 1. The molecular formula is C19H24FN3O. The van der Waals surface area contributed by atoms with Crippen molar-refractivity contribution in [2.45, 2.75) is 26.5 Å². The third-order valence-electron chi connectivity index (χ3n) is 3.59. The number of hydrogen-bond donors (Lipinski definition) is 3. The Balaban J connectivity index is 1.92. The molecule has 0 radical (unpaired) electrons. The van der Waals surface area contributed by atoms with E-state index in [9.17, 15) is 4.39 Å². The summed E-state index contributed by atoms with van der Waals surface area (Å²) in [5, 5.41) is 15.6. The van der Waals surface area contributed by atoms with Gasteiger partial charge in [0.25, 0.3) is 0 Å². The molecule has 5 heteroatoms. The van der Waals surface area contributed by atoms with E-state index in [0.717, 1.165) is 31.0 Å². The molecule has 0 aliphatic heterocycles. The van der Waals surface area contributed by atoms with E-state index in [1.54, 1.807) is 12.1 Å². The van der Waals surface area contributed by atoms with Crippen LogP contribution < -0.4 is 10.6 Å². The van der Waals surface area contributed by atoms with Gasteiger partial charge in [0.05, 0.1) is 13.2 Å². The second-order valence-corrected chi connectivity index (χ2v) is 5.44. The summed E-state index contributed by atoms with van der Waals surface area (Å²) in [4.78, 5) is 4.51. The summed E-state index contributed by atoms with van der Waals surface area (Å²) >= 11 is 0. The number of rotatable bonds is 7. The molecule has 3 N–H and O–H groups in total. The molecule has 2 rings (SSSR count). The van der Waals surface area contributed by atoms with Gasteiger partial charge >= 0.3 is 0 Å². The number of nitrogens with one attached hydrogen (secondary N) is 2. The van der Waals surface area contributed by atoms with E-state index in [-0.39, 0.29) is 6.61 Å². The Hall–Kier alpha value is -2.40. The molecule has 2 aromatic rings. The topological polar surface area (TPSA) is 56.7 Å². The lowest BCUT2D eigenvalue weighted by atomic mass is 10.1. The largest absolute Gasteiger partial charge is 0.392 e. The number of hydrogen-bond acceptors (Lipinski definition) is 2. The molecule has 2 aromatic carbocycles. The summed E-state index contributed by atoms with van der Waals surface area (Å²) in [6.07, 6.45) is 0.913. The van der Waals surface area contributed by atoms with Gasteiger partial charge < -0.3 is 15.7 Å². The third-order valence-corrected chi connectivity index (χ3v) is 3.59. The quantitative estimate of drug-likeness (QED) is 0.541. The molecular weight excluding hydrogens is 305 g/mol. The zero-order valence-electron chi connectivity index (χ0n) is 13.9. The van der Waals surface area contributed by atoms with Gasteiger partial charge in [-0.1, -0.05) is 36.4 Å². The fraction of sp³-hybridized carbons (Fsp3) is 0.316. The Bertz CT molecular complexity index is 659. The van der Waals surface area contributed by atoms with Crippen LogP contribution in [0.5, 0.6) is 0 Å². The zero-order chi connectivity index (χ0) is 17.2. The highest BCUT2D eigenvalue weighted by Gasteiger charge is 2.03. The van der Waals surface area contributed by atoms with Crippen molar-refractivity contribution in [3.05, 3.63) is 71.0 Å². The van der Waals surface area contributed by atoms with Crippen molar-refractivity contribution in [1.29, 1.82) is 0 Å². The van der Waals surface area contributed by atoms with Crippen molar-refractivity contribution in [3.8, 4) is 0 Å². The molecule has 0 fully saturated rings. The number of aliphatic imine (C=N–C) groups is 1. The number of guanidine groups is 1. The van der Waals surface area contributed by atoms with Crippen LogP contribution in [0.1, 0.15) is 23.6 Å². The van der Waals surface area contributed by atoms with E-state index in [4.69, 9.17) is 5.11 Å². The third kappa shape index (κ3) is 5.66. The van der Waals surface area contributed by atoms with Crippen molar-refractivity contribution in [1.82, 2.24) is 10.6 Å². The maximum absolute atomic E-state index is 13.4. The lowest BCUT2D eigenvalue weighted by Gasteiger charge is -2.11. The normalized spacial score (nSPS) is 11.4. The summed E-state index contributed by atoms with van der Waals surface area (Å²) in [5.41, 5.74) is 2.43. The lowest BCUT2D eigenvalue weighted by Crippen LogP contribution is -2.38. The Morgan fingerprint density at radius 3 is 2.58 bits per heavy atom. The van der Waals surface area contributed by atoms with Gasteiger partial charge in [0.2, 0.25) is 0 Å². The molecule has 0 aliphatic carbocycles. The van der Waals surface area contributed by atoms with Crippen LogP contribution in [0.15, 0.2) is 53.5 Å². The first-order valence-corrected chi connectivity index (χ1v) is 8.17. The highest BCUT2D eigenvalue weighted by atomic mass is 19.1. The zero-order valence-corrected chi connectivity index (χ0v) is 13.9. The molecule has 0 unspecified atom stereocenters. The van der Waals surface area contributed by atoms with Gasteiger partial charge in [-0.25, -0.2) is 9.38 Å². The highest BCUT2D eigenvalue weighted by Crippen LogP contribution is 2.11. The van der Waals surface area contributed by atoms with Gasteiger partial charge in [0, 0.05) is 18.7 Å². The minimum Gasteiger partial charge on any atom is -0.392 e. The summed E-state index contributed by atoms with van der Waals surface area (Å²) in [6.45, 7) is 3.67. The van der Waals surface area contributed by atoms with E-state index in [2.05, 4.69) is 27.8 Å². The van der Waals surface area contributed by atoms with Gasteiger partial charge in [-0.3, -0.25) is 0 Å². The van der Waals surface area contributed by atoms with Crippen LogP contribution in [0, 0.1) is 5.82 Å². The van der Waals surface area contributed by atoms with Gasteiger partial charge in [0.1, 0.15) is 5.82 Å². The van der Waals surface area contributed by atoms with E-state index in [1.807, 2.05) is 25.1 Å². The second-order valence-electron chi connectivity index (χ2n) is 5.44. The number of aliphatic hydroxyl groups is 1. The molecule has 0 bridgehead atoms. The lowest BCUT2D eigenvalue weighted by molar-refractivity contribution is 0.275. The number of halogens is 1. The average Bonchev–Trinajstić information content (AvgIpc) is 2.61. The molecule has 0 saturated carbocycles.